The van der Waals surface area contributed by atoms with E-state index in [1.54, 1.807) is 0 Å². The predicted molar refractivity (Wildman–Crippen MR) is 48.3 cm³/mol. The van der Waals surface area contributed by atoms with E-state index in [4.69, 9.17) is 5.73 Å². The summed E-state index contributed by atoms with van der Waals surface area (Å²) in [5.41, 5.74) is 5.52. The topological polar surface area (TPSA) is 26.0 Å². The fraction of sp³-hybridized carbons (Fsp3) is 1.00. The van der Waals surface area contributed by atoms with Crippen LogP contribution in [0.2, 0.25) is 0 Å². The SMILES string of the molecule is CC1(C)SCCC1CCN. The summed E-state index contributed by atoms with van der Waals surface area (Å²) in [5, 5.41) is 0. The third kappa shape index (κ3) is 1.67. The highest BCUT2D eigenvalue weighted by Crippen LogP contribution is 2.43. The average molecular weight is 159 g/mol. The van der Waals surface area contributed by atoms with Crippen LogP contribution in [0.4, 0.5) is 0 Å². The van der Waals surface area contributed by atoms with Crippen LogP contribution in [0.25, 0.3) is 0 Å². The third-order valence-electron chi connectivity index (χ3n) is 2.44. The highest BCUT2D eigenvalue weighted by molar-refractivity contribution is 8.00. The highest BCUT2D eigenvalue weighted by Gasteiger charge is 2.34. The molecule has 0 aromatic rings. The lowest BCUT2D eigenvalue weighted by Crippen LogP contribution is -2.24. The summed E-state index contributed by atoms with van der Waals surface area (Å²) in [5.74, 6) is 2.19. The molecule has 2 N–H and O–H groups in total. The van der Waals surface area contributed by atoms with Gasteiger partial charge in [0, 0.05) is 4.75 Å². The van der Waals surface area contributed by atoms with E-state index in [0.717, 1.165) is 12.5 Å². The molecule has 0 radical (unpaired) electrons. The molecule has 1 saturated heterocycles. The number of thioether (sulfide) groups is 1. The van der Waals surface area contributed by atoms with Crippen molar-refractivity contribution >= 4 is 11.8 Å². The van der Waals surface area contributed by atoms with Crippen molar-refractivity contribution in [1.82, 2.24) is 0 Å². The summed E-state index contributed by atoms with van der Waals surface area (Å²) < 4.78 is 0.499. The molecule has 1 atom stereocenters. The van der Waals surface area contributed by atoms with Gasteiger partial charge < -0.3 is 5.73 Å². The normalized spacial score (nSPS) is 30.9. The summed E-state index contributed by atoms with van der Waals surface area (Å²) >= 11 is 2.09. The number of hydrogen-bond acceptors (Lipinski definition) is 2. The molecule has 2 heteroatoms. The van der Waals surface area contributed by atoms with Gasteiger partial charge in [0.25, 0.3) is 0 Å². The van der Waals surface area contributed by atoms with Crippen LogP contribution < -0.4 is 5.73 Å². The Kier molecular flexibility index (Phi) is 2.64. The van der Waals surface area contributed by atoms with Crippen LogP contribution in [0.5, 0.6) is 0 Å². The Hall–Kier alpha value is 0.310. The molecule has 0 aromatic heterocycles. The third-order valence-corrected chi connectivity index (χ3v) is 3.96. The summed E-state index contributed by atoms with van der Waals surface area (Å²) in [6, 6.07) is 0. The van der Waals surface area contributed by atoms with Crippen molar-refractivity contribution in [3.8, 4) is 0 Å². The van der Waals surface area contributed by atoms with Gasteiger partial charge in [-0.3, -0.25) is 0 Å². The maximum atomic E-state index is 5.52. The molecule has 1 aliphatic heterocycles. The largest absolute Gasteiger partial charge is 0.330 e. The molecule has 0 amide bonds. The molecule has 1 fully saturated rings. The van der Waals surface area contributed by atoms with E-state index in [1.165, 1.54) is 18.6 Å². The Bertz CT molecular complexity index is 112. The standard InChI is InChI=1S/C8H17NS/c1-8(2)7(3-5-9)4-6-10-8/h7H,3-6,9H2,1-2H3. The number of nitrogens with two attached hydrogens (primary N) is 1. The van der Waals surface area contributed by atoms with Crippen molar-refractivity contribution in [2.24, 2.45) is 11.7 Å². The number of rotatable bonds is 2. The van der Waals surface area contributed by atoms with Crippen molar-refractivity contribution < 1.29 is 0 Å². The highest BCUT2D eigenvalue weighted by atomic mass is 32.2. The zero-order chi connectivity index (χ0) is 7.61. The molecule has 0 aromatic carbocycles. The maximum absolute atomic E-state index is 5.52. The van der Waals surface area contributed by atoms with Gasteiger partial charge in [0.15, 0.2) is 0 Å². The lowest BCUT2D eigenvalue weighted by molar-refractivity contribution is 0.412. The molecule has 0 bridgehead atoms. The van der Waals surface area contributed by atoms with Gasteiger partial charge in [-0.25, -0.2) is 0 Å². The summed E-state index contributed by atoms with van der Waals surface area (Å²) in [6.45, 7) is 5.53. The minimum Gasteiger partial charge on any atom is -0.330 e. The van der Waals surface area contributed by atoms with Gasteiger partial charge in [0.2, 0.25) is 0 Å². The molecule has 60 valence electrons. The van der Waals surface area contributed by atoms with Gasteiger partial charge in [0.05, 0.1) is 0 Å². The Morgan fingerprint density at radius 3 is 2.70 bits per heavy atom. The summed E-state index contributed by atoms with van der Waals surface area (Å²) in [6.07, 6.45) is 2.58. The second kappa shape index (κ2) is 3.14. The fourth-order valence-corrected chi connectivity index (χ4v) is 3.02. The molecule has 1 unspecified atom stereocenters. The Morgan fingerprint density at radius 2 is 2.30 bits per heavy atom. The summed E-state index contributed by atoms with van der Waals surface area (Å²) in [4.78, 5) is 0. The van der Waals surface area contributed by atoms with Gasteiger partial charge >= 0.3 is 0 Å². The van der Waals surface area contributed by atoms with E-state index in [-0.39, 0.29) is 0 Å². The molecular weight excluding hydrogens is 142 g/mol. The van der Waals surface area contributed by atoms with Crippen LogP contribution in [-0.2, 0) is 0 Å². The first-order chi connectivity index (χ1) is 4.67. The van der Waals surface area contributed by atoms with Gasteiger partial charge in [-0.1, -0.05) is 13.8 Å². The van der Waals surface area contributed by atoms with E-state index in [0.29, 0.717) is 4.75 Å². The maximum Gasteiger partial charge on any atom is 0.0132 e. The van der Waals surface area contributed by atoms with E-state index in [1.807, 2.05) is 0 Å². The first-order valence-corrected chi connectivity index (χ1v) is 4.99. The first-order valence-electron chi connectivity index (χ1n) is 4.01. The van der Waals surface area contributed by atoms with Gasteiger partial charge in [-0.15, -0.1) is 0 Å². The zero-order valence-corrected chi connectivity index (χ0v) is 7.71. The van der Waals surface area contributed by atoms with Crippen molar-refractivity contribution in [2.45, 2.75) is 31.4 Å². The zero-order valence-electron chi connectivity index (χ0n) is 6.89. The number of hydrogen-bond donors (Lipinski definition) is 1. The lowest BCUT2D eigenvalue weighted by atomic mass is 9.90. The minimum atomic E-state index is 0.499. The van der Waals surface area contributed by atoms with E-state index >= 15 is 0 Å². The lowest BCUT2D eigenvalue weighted by Gasteiger charge is -2.25. The molecule has 1 rings (SSSR count). The van der Waals surface area contributed by atoms with E-state index in [9.17, 15) is 0 Å². The second-order valence-corrected chi connectivity index (χ2v) is 5.26. The van der Waals surface area contributed by atoms with Crippen LogP contribution in [0.3, 0.4) is 0 Å². The van der Waals surface area contributed by atoms with Crippen LogP contribution in [0, 0.1) is 5.92 Å². The van der Waals surface area contributed by atoms with Gasteiger partial charge in [-0.2, -0.15) is 11.8 Å². The Balaban J connectivity index is 2.43. The van der Waals surface area contributed by atoms with Crippen molar-refractivity contribution in [1.29, 1.82) is 0 Å². The van der Waals surface area contributed by atoms with Crippen molar-refractivity contribution in [3.63, 3.8) is 0 Å². The second-order valence-electron chi connectivity index (χ2n) is 3.51. The average Bonchev–Trinajstić information content (AvgIpc) is 2.13. The molecule has 0 spiro atoms. The van der Waals surface area contributed by atoms with Gasteiger partial charge in [0.1, 0.15) is 0 Å². The van der Waals surface area contributed by atoms with Crippen LogP contribution in [0.15, 0.2) is 0 Å². The molecule has 1 nitrogen and oxygen atoms in total. The quantitative estimate of drug-likeness (QED) is 0.665. The fourth-order valence-electron chi connectivity index (χ4n) is 1.62. The monoisotopic (exact) mass is 159 g/mol. The minimum absolute atomic E-state index is 0.499. The van der Waals surface area contributed by atoms with Crippen LogP contribution in [-0.4, -0.2) is 17.0 Å². The molecular formula is C8H17NS. The molecule has 1 heterocycles. The summed E-state index contributed by atoms with van der Waals surface area (Å²) in [7, 11) is 0. The van der Waals surface area contributed by atoms with Crippen LogP contribution in [0.1, 0.15) is 26.7 Å². The Labute approximate surface area is 67.8 Å². The van der Waals surface area contributed by atoms with Crippen LogP contribution >= 0.6 is 11.8 Å². The van der Waals surface area contributed by atoms with Crippen molar-refractivity contribution in [2.75, 3.05) is 12.3 Å². The van der Waals surface area contributed by atoms with Crippen molar-refractivity contribution in [3.05, 3.63) is 0 Å². The Morgan fingerprint density at radius 1 is 1.60 bits per heavy atom. The predicted octanol–water partition coefficient (Wildman–Crippen LogP) is 1.87. The van der Waals surface area contributed by atoms with E-state index < -0.39 is 0 Å². The smallest absolute Gasteiger partial charge is 0.0132 e. The molecule has 10 heavy (non-hydrogen) atoms. The molecule has 1 aliphatic rings. The molecule has 0 aliphatic carbocycles. The van der Waals surface area contributed by atoms with Gasteiger partial charge in [-0.05, 0) is 31.1 Å². The molecule has 0 saturated carbocycles. The first kappa shape index (κ1) is 8.41. The van der Waals surface area contributed by atoms with E-state index in [2.05, 4.69) is 25.6 Å².